The summed E-state index contributed by atoms with van der Waals surface area (Å²) < 4.78 is 11.5. The summed E-state index contributed by atoms with van der Waals surface area (Å²) in [5, 5.41) is 0. The minimum atomic E-state index is 0.724. The molecule has 1 aliphatic carbocycles. The molecule has 1 saturated carbocycles. The molecule has 1 aromatic rings. The largest absolute Gasteiger partial charge is 0.494 e. The Balaban J connectivity index is 1.15. The van der Waals surface area contributed by atoms with Crippen LogP contribution in [-0.2, 0) is 4.74 Å². The fourth-order valence-electron chi connectivity index (χ4n) is 5.52. The van der Waals surface area contributed by atoms with Gasteiger partial charge in [0.2, 0.25) is 0 Å². The second kappa shape index (κ2) is 10.8. The van der Waals surface area contributed by atoms with Crippen LogP contribution < -0.4 is 4.74 Å². The van der Waals surface area contributed by atoms with Crippen LogP contribution in [0.2, 0.25) is 0 Å². The molecule has 0 N–H and O–H groups in total. The van der Waals surface area contributed by atoms with Crippen LogP contribution in [-0.4, -0.2) is 68.4 Å². The van der Waals surface area contributed by atoms with Crippen molar-refractivity contribution in [3.8, 4) is 5.75 Å². The Morgan fingerprint density at radius 2 is 1.72 bits per heavy atom. The number of benzene rings is 1. The third-order valence-electron chi connectivity index (χ3n) is 7.24. The van der Waals surface area contributed by atoms with Gasteiger partial charge in [0.1, 0.15) is 5.75 Å². The molecule has 2 aliphatic heterocycles. The number of likely N-dealkylation sites (tertiary alicyclic amines) is 1. The molecule has 0 unspecified atom stereocenters. The molecular formula is C25H40N2O2. The number of hydrogen-bond acceptors (Lipinski definition) is 4. The van der Waals surface area contributed by atoms with Crippen molar-refractivity contribution in [3.05, 3.63) is 29.8 Å². The summed E-state index contributed by atoms with van der Waals surface area (Å²) in [7, 11) is 0. The number of nitrogens with zero attached hydrogens (tertiary/aromatic N) is 2. The maximum atomic E-state index is 6.02. The van der Waals surface area contributed by atoms with E-state index in [2.05, 4.69) is 41.0 Å². The van der Waals surface area contributed by atoms with Crippen LogP contribution in [0.4, 0.5) is 0 Å². The van der Waals surface area contributed by atoms with Crippen molar-refractivity contribution in [2.75, 3.05) is 52.5 Å². The van der Waals surface area contributed by atoms with E-state index in [4.69, 9.17) is 9.47 Å². The molecule has 0 radical (unpaired) electrons. The van der Waals surface area contributed by atoms with Crippen LogP contribution in [0.5, 0.6) is 5.75 Å². The van der Waals surface area contributed by atoms with Gasteiger partial charge < -0.3 is 14.4 Å². The van der Waals surface area contributed by atoms with Gasteiger partial charge in [-0.05, 0) is 81.0 Å². The highest BCUT2D eigenvalue weighted by molar-refractivity contribution is 5.29. The molecule has 2 saturated heterocycles. The first-order chi connectivity index (χ1) is 14.3. The molecule has 4 nitrogen and oxygen atoms in total. The Bertz CT molecular complexity index is 591. The summed E-state index contributed by atoms with van der Waals surface area (Å²) >= 11 is 0. The first-order valence-corrected chi connectivity index (χ1v) is 12.0. The average molecular weight is 401 g/mol. The Kier molecular flexibility index (Phi) is 7.87. The third kappa shape index (κ3) is 6.19. The van der Waals surface area contributed by atoms with Crippen LogP contribution in [0.3, 0.4) is 0 Å². The van der Waals surface area contributed by atoms with Crippen LogP contribution in [0.25, 0.3) is 0 Å². The van der Waals surface area contributed by atoms with Gasteiger partial charge in [-0.25, -0.2) is 0 Å². The highest BCUT2D eigenvalue weighted by Crippen LogP contribution is 2.35. The Morgan fingerprint density at radius 3 is 2.45 bits per heavy atom. The molecule has 3 aliphatic rings. The zero-order valence-corrected chi connectivity index (χ0v) is 18.4. The fraction of sp³-hybridized carbons (Fsp3) is 0.760. The zero-order chi connectivity index (χ0) is 19.9. The van der Waals surface area contributed by atoms with E-state index < -0.39 is 0 Å². The van der Waals surface area contributed by atoms with Crippen molar-refractivity contribution in [3.63, 3.8) is 0 Å². The van der Waals surface area contributed by atoms with E-state index in [1.807, 2.05) is 0 Å². The molecule has 3 fully saturated rings. The standard InChI is InChI=1S/C25H40N2O2/c1-21-4-2-13-26(20-21)14-3-17-29-25-11-7-23(8-12-25)22-5-9-24(10-6-22)27-15-18-28-19-16-27/h7-8,11-12,21-22,24H,2-6,9-10,13-20H2,1H3/t21-,22?,24?/m0/s1. The summed E-state index contributed by atoms with van der Waals surface area (Å²) in [6.45, 7) is 11.0. The van der Waals surface area contributed by atoms with Gasteiger partial charge in [-0.1, -0.05) is 19.1 Å². The van der Waals surface area contributed by atoms with Crippen LogP contribution in [0, 0.1) is 5.92 Å². The molecule has 1 aromatic carbocycles. The summed E-state index contributed by atoms with van der Waals surface area (Å²) in [6, 6.07) is 9.77. The van der Waals surface area contributed by atoms with Crippen molar-refractivity contribution in [1.82, 2.24) is 9.80 Å². The van der Waals surface area contributed by atoms with Crippen molar-refractivity contribution < 1.29 is 9.47 Å². The average Bonchev–Trinajstić information content (AvgIpc) is 2.78. The van der Waals surface area contributed by atoms with Crippen molar-refractivity contribution in [2.24, 2.45) is 5.92 Å². The number of ether oxygens (including phenoxy) is 2. The van der Waals surface area contributed by atoms with Gasteiger partial charge >= 0.3 is 0 Å². The van der Waals surface area contributed by atoms with Crippen molar-refractivity contribution in [2.45, 2.75) is 63.8 Å². The van der Waals surface area contributed by atoms with Gasteiger partial charge in [-0.3, -0.25) is 4.90 Å². The third-order valence-corrected chi connectivity index (χ3v) is 7.24. The Hall–Kier alpha value is -1.10. The summed E-state index contributed by atoms with van der Waals surface area (Å²) in [5.74, 6) is 2.62. The number of hydrogen-bond donors (Lipinski definition) is 0. The van der Waals surface area contributed by atoms with Crippen LogP contribution in [0.1, 0.15) is 63.4 Å². The first kappa shape index (κ1) is 21.1. The summed E-state index contributed by atoms with van der Waals surface area (Å²) in [6.07, 6.45) is 9.18. The molecule has 29 heavy (non-hydrogen) atoms. The minimum Gasteiger partial charge on any atom is -0.494 e. The second-order valence-corrected chi connectivity index (χ2v) is 9.47. The van der Waals surface area contributed by atoms with Gasteiger partial charge in [0.25, 0.3) is 0 Å². The van der Waals surface area contributed by atoms with Gasteiger partial charge in [0.05, 0.1) is 19.8 Å². The highest BCUT2D eigenvalue weighted by Gasteiger charge is 2.27. The lowest BCUT2D eigenvalue weighted by Gasteiger charge is -2.38. The molecule has 4 rings (SSSR count). The molecule has 0 spiro atoms. The highest BCUT2D eigenvalue weighted by atomic mass is 16.5. The second-order valence-electron chi connectivity index (χ2n) is 9.47. The van der Waals surface area contributed by atoms with Crippen LogP contribution >= 0.6 is 0 Å². The van der Waals surface area contributed by atoms with Gasteiger partial charge in [0, 0.05) is 32.2 Å². The van der Waals surface area contributed by atoms with E-state index in [-0.39, 0.29) is 0 Å². The maximum Gasteiger partial charge on any atom is 0.119 e. The SMILES string of the molecule is C[C@H]1CCCN(CCCOc2ccc(C3CCC(N4CCOCC4)CC3)cc2)C1. The van der Waals surface area contributed by atoms with E-state index in [1.165, 1.54) is 63.7 Å². The van der Waals surface area contributed by atoms with Gasteiger partial charge in [-0.15, -0.1) is 0 Å². The Labute approximate surface area is 177 Å². The molecule has 1 atom stereocenters. The quantitative estimate of drug-likeness (QED) is 0.627. The lowest BCUT2D eigenvalue weighted by atomic mass is 9.81. The smallest absolute Gasteiger partial charge is 0.119 e. The van der Waals surface area contributed by atoms with Crippen LogP contribution in [0.15, 0.2) is 24.3 Å². The summed E-state index contributed by atoms with van der Waals surface area (Å²) in [4.78, 5) is 5.26. The molecule has 0 bridgehead atoms. The lowest BCUT2D eigenvalue weighted by Crippen LogP contribution is -2.44. The number of rotatable bonds is 7. The molecule has 2 heterocycles. The minimum absolute atomic E-state index is 0.724. The molecular weight excluding hydrogens is 360 g/mol. The monoisotopic (exact) mass is 400 g/mol. The lowest BCUT2D eigenvalue weighted by molar-refractivity contribution is 0.00729. The van der Waals surface area contributed by atoms with Gasteiger partial charge in [-0.2, -0.15) is 0 Å². The maximum absolute atomic E-state index is 6.02. The summed E-state index contributed by atoms with van der Waals surface area (Å²) in [5.41, 5.74) is 1.50. The van der Waals surface area contributed by atoms with E-state index >= 15 is 0 Å². The van der Waals surface area contributed by atoms with E-state index in [9.17, 15) is 0 Å². The predicted molar refractivity (Wildman–Crippen MR) is 119 cm³/mol. The zero-order valence-electron chi connectivity index (χ0n) is 18.4. The van der Waals surface area contributed by atoms with Crippen molar-refractivity contribution in [1.29, 1.82) is 0 Å². The first-order valence-electron chi connectivity index (χ1n) is 12.0. The molecule has 0 amide bonds. The fourth-order valence-corrected chi connectivity index (χ4v) is 5.52. The van der Waals surface area contributed by atoms with E-state index in [0.717, 1.165) is 63.0 Å². The molecule has 162 valence electrons. The van der Waals surface area contributed by atoms with Crippen molar-refractivity contribution >= 4 is 0 Å². The van der Waals surface area contributed by atoms with E-state index in [1.54, 1.807) is 0 Å². The predicted octanol–water partition coefficient (Wildman–Crippen LogP) is 4.55. The number of morpholine rings is 1. The molecule has 0 aromatic heterocycles. The van der Waals surface area contributed by atoms with E-state index in [0.29, 0.717) is 0 Å². The van der Waals surface area contributed by atoms with Gasteiger partial charge in [0.15, 0.2) is 0 Å². The number of piperidine rings is 1. The normalized spacial score (nSPS) is 29.6. The topological polar surface area (TPSA) is 24.9 Å². The Morgan fingerprint density at radius 1 is 0.966 bits per heavy atom. The molecule has 4 heteroatoms.